The van der Waals surface area contributed by atoms with E-state index in [9.17, 15) is 4.79 Å². The first-order chi connectivity index (χ1) is 14.6. The zero-order valence-corrected chi connectivity index (χ0v) is 18.6. The summed E-state index contributed by atoms with van der Waals surface area (Å²) < 4.78 is 7.56. The molecule has 9 heteroatoms. The van der Waals surface area contributed by atoms with E-state index >= 15 is 0 Å². The number of hydrogen-bond donors (Lipinski definition) is 0. The second kappa shape index (κ2) is 9.01. The SMILES string of the molecule is C=CCn1c(SCc2csc(N(C(C)=O)c3ccccc3OC)n2)nnc1C1CC1. The van der Waals surface area contributed by atoms with Gasteiger partial charge in [0.1, 0.15) is 11.6 Å². The molecule has 0 aliphatic heterocycles. The molecule has 3 aromatic rings. The molecule has 156 valence electrons. The number of anilines is 2. The summed E-state index contributed by atoms with van der Waals surface area (Å²) in [5.41, 5.74) is 1.57. The number of methoxy groups -OCH3 is 1. The van der Waals surface area contributed by atoms with Crippen LogP contribution in [0.1, 0.15) is 37.2 Å². The molecule has 7 nitrogen and oxygen atoms in total. The summed E-state index contributed by atoms with van der Waals surface area (Å²) in [5, 5.41) is 12.2. The number of hydrogen-bond acceptors (Lipinski definition) is 7. The molecule has 0 saturated heterocycles. The van der Waals surface area contributed by atoms with E-state index < -0.39 is 0 Å². The highest BCUT2D eigenvalue weighted by Gasteiger charge is 2.30. The molecular weight excluding hydrogens is 418 g/mol. The van der Waals surface area contributed by atoms with Gasteiger partial charge in [0.25, 0.3) is 0 Å². The van der Waals surface area contributed by atoms with Crippen molar-refractivity contribution in [3.05, 3.63) is 53.8 Å². The average molecular weight is 442 g/mol. The number of carbonyl (C=O) groups excluding carboxylic acids is 1. The summed E-state index contributed by atoms with van der Waals surface area (Å²) in [7, 11) is 1.59. The van der Waals surface area contributed by atoms with Gasteiger partial charge >= 0.3 is 0 Å². The monoisotopic (exact) mass is 441 g/mol. The Morgan fingerprint density at radius 3 is 2.90 bits per heavy atom. The molecule has 4 rings (SSSR count). The maximum Gasteiger partial charge on any atom is 0.230 e. The summed E-state index contributed by atoms with van der Waals surface area (Å²) >= 11 is 3.04. The van der Waals surface area contributed by atoms with Crippen LogP contribution in [-0.4, -0.2) is 32.8 Å². The quantitative estimate of drug-likeness (QED) is 0.351. The molecule has 1 aliphatic carbocycles. The fraction of sp³-hybridized carbons (Fsp3) is 0.333. The lowest BCUT2D eigenvalue weighted by molar-refractivity contribution is -0.115. The van der Waals surface area contributed by atoms with Gasteiger partial charge in [0.15, 0.2) is 10.3 Å². The van der Waals surface area contributed by atoms with Crippen molar-refractivity contribution in [1.82, 2.24) is 19.7 Å². The minimum atomic E-state index is -0.118. The third-order valence-electron chi connectivity index (χ3n) is 4.72. The lowest BCUT2D eigenvalue weighted by Gasteiger charge is -2.20. The second-order valence-corrected chi connectivity index (χ2v) is 8.73. The molecule has 0 unspecified atom stereocenters. The maximum atomic E-state index is 12.4. The van der Waals surface area contributed by atoms with Crippen LogP contribution in [0.5, 0.6) is 5.75 Å². The van der Waals surface area contributed by atoms with Crippen LogP contribution in [0.4, 0.5) is 10.8 Å². The van der Waals surface area contributed by atoms with Crippen LogP contribution >= 0.6 is 23.1 Å². The van der Waals surface area contributed by atoms with E-state index in [4.69, 9.17) is 9.72 Å². The van der Waals surface area contributed by atoms with E-state index in [2.05, 4.69) is 21.3 Å². The highest BCUT2D eigenvalue weighted by Crippen LogP contribution is 2.40. The summed E-state index contributed by atoms with van der Waals surface area (Å²) in [4.78, 5) is 18.7. The Labute approximate surface area is 183 Å². The molecule has 1 aliphatic rings. The molecule has 1 saturated carbocycles. The normalized spacial score (nSPS) is 13.3. The first-order valence-corrected chi connectivity index (χ1v) is 11.5. The minimum absolute atomic E-state index is 0.118. The lowest BCUT2D eigenvalue weighted by atomic mass is 10.2. The van der Waals surface area contributed by atoms with Crippen LogP contribution in [-0.2, 0) is 17.1 Å². The van der Waals surface area contributed by atoms with Crippen molar-refractivity contribution in [3.63, 3.8) is 0 Å². The van der Waals surface area contributed by atoms with Crippen LogP contribution in [0, 0.1) is 0 Å². The largest absolute Gasteiger partial charge is 0.495 e. The molecular formula is C21H23N5O2S2. The van der Waals surface area contributed by atoms with Gasteiger partial charge in [-0.1, -0.05) is 30.0 Å². The van der Waals surface area contributed by atoms with Crippen molar-refractivity contribution < 1.29 is 9.53 Å². The topological polar surface area (TPSA) is 73.1 Å². The summed E-state index contributed by atoms with van der Waals surface area (Å²) in [6.45, 7) is 6.08. The molecule has 0 radical (unpaired) electrons. The van der Waals surface area contributed by atoms with Gasteiger partial charge in [0, 0.05) is 30.5 Å². The van der Waals surface area contributed by atoms with E-state index in [-0.39, 0.29) is 5.91 Å². The number of allylic oxidation sites excluding steroid dienone is 1. The number of thioether (sulfide) groups is 1. The van der Waals surface area contributed by atoms with Gasteiger partial charge < -0.3 is 9.30 Å². The van der Waals surface area contributed by atoms with E-state index in [1.165, 1.54) is 31.1 Å². The molecule has 2 aromatic heterocycles. The summed E-state index contributed by atoms with van der Waals surface area (Å²) in [5.74, 6) is 2.74. The van der Waals surface area contributed by atoms with Crippen molar-refractivity contribution in [2.45, 2.75) is 43.1 Å². The predicted octanol–water partition coefficient (Wildman–Crippen LogP) is 4.78. The van der Waals surface area contributed by atoms with E-state index in [1.54, 1.807) is 23.8 Å². The first-order valence-electron chi connectivity index (χ1n) is 9.67. The number of aromatic nitrogens is 4. The molecule has 0 atom stereocenters. The molecule has 1 amide bonds. The molecule has 1 aromatic carbocycles. The molecule has 0 bridgehead atoms. The number of amides is 1. The molecule has 0 spiro atoms. The van der Waals surface area contributed by atoms with Crippen molar-refractivity contribution in [2.24, 2.45) is 0 Å². The standard InChI is InChI=1S/C21H23N5O2S2/c1-4-11-25-19(15-9-10-15)23-24-21(25)30-13-16-12-29-20(22-16)26(14(2)27)17-7-5-6-8-18(17)28-3/h4-8,12,15H,1,9-11,13H2,2-3H3. The fourth-order valence-electron chi connectivity index (χ4n) is 3.18. The van der Waals surface area contributed by atoms with Gasteiger partial charge in [-0.15, -0.1) is 28.1 Å². The lowest BCUT2D eigenvalue weighted by Crippen LogP contribution is -2.23. The smallest absolute Gasteiger partial charge is 0.230 e. The van der Waals surface area contributed by atoms with Gasteiger partial charge in [0.2, 0.25) is 5.91 Å². The Morgan fingerprint density at radius 1 is 1.40 bits per heavy atom. The number of benzene rings is 1. The van der Waals surface area contributed by atoms with Gasteiger partial charge in [0.05, 0.1) is 18.5 Å². The fourth-order valence-corrected chi connectivity index (χ4v) is 5.01. The van der Waals surface area contributed by atoms with Gasteiger partial charge in [-0.25, -0.2) is 4.98 Å². The Balaban J connectivity index is 1.52. The third kappa shape index (κ3) is 4.27. The third-order valence-corrected chi connectivity index (χ3v) is 6.60. The van der Waals surface area contributed by atoms with Crippen molar-refractivity contribution in [1.29, 1.82) is 0 Å². The number of nitrogens with zero attached hydrogens (tertiary/aromatic N) is 5. The zero-order chi connectivity index (χ0) is 21.1. The Bertz CT molecular complexity index is 1060. The van der Waals surface area contributed by atoms with Gasteiger partial charge in [-0.3, -0.25) is 9.69 Å². The van der Waals surface area contributed by atoms with Crippen molar-refractivity contribution in [3.8, 4) is 5.75 Å². The number of thiazole rings is 1. The average Bonchev–Trinajstić information content (AvgIpc) is 3.35. The Hall–Kier alpha value is -2.65. The van der Waals surface area contributed by atoms with Crippen LogP contribution in [0.2, 0.25) is 0 Å². The summed E-state index contributed by atoms with van der Waals surface area (Å²) in [6.07, 6.45) is 4.23. The Morgan fingerprint density at radius 2 is 2.20 bits per heavy atom. The van der Waals surface area contributed by atoms with Crippen LogP contribution in [0.25, 0.3) is 0 Å². The molecule has 2 heterocycles. The Kier molecular flexibility index (Phi) is 6.19. The summed E-state index contributed by atoms with van der Waals surface area (Å²) in [6, 6.07) is 7.44. The van der Waals surface area contributed by atoms with E-state index in [1.807, 2.05) is 35.7 Å². The minimum Gasteiger partial charge on any atom is -0.495 e. The van der Waals surface area contributed by atoms with Crippen LogP contribution in [0.15, 0.2) is 47.5 Å². The molecule has 0 N–H and O–H groups in total. The van der Waals surface area contributed by atoms with E-state index in [0.717, 1.165) is 16.7 Å². The van der Waals surface area contributed by atoms with Crippen molar-refractivity contribution >= 4 is 39.8 Å². The van der Waals surface area contributed by atoms with Gasteiger partial charge in [-0.2, -0.15) is 0 Å². The van der Waals surface area contributed by atoms with E-state index in [0.29, 0.717) is 34.8 Å². The van der Waals surface area contributed by atoms with Crippen LogP contribution < -0.4 is 9.64 Å². The predicted molar refractivity (Wildman–Crippen MR) is 120 cm³/mol. The van der Waals surface area contributed by atoms with Gasteiger partial charge in [-0.05, 0) is 25.0 Å². The first kappa shape index (κ1) is 20.6. The van der Waals surface area contributed by atoms with Crippen LogP contribution in [0.3, 0.4) is 0 Å². The number of rotatable bonds is 9. The molecule has 30 heavy (non-hydrogen) atoms. The molecule has 1 fully saturated rings. The van der Waals surface area contributed by atoms with Crippen molar-refractivity contribution in [2.75, 3.05) is 12.0 Å². The number of carbonyl (C=O) groups is 1. The highest BCUT2D eigenvalue weighted by atomic mass is 32.2. The number of para-hydroxylation sites is 2. The zero-order valence-electron chi connectivity index (χ0n) is 16.9. The highest BCUT2D eigenvalue weighted by molar-refractivity contribution is 7.98. The second-order valence-electron chi connectivity index (χ2n) is 6.95. The number of ether oxygens (including phenoxy) is 1. The maximum absolute atomic E-state index is 12.4.